The Morgan fingerprint density at radius 3 is 2.08 bits per heavy atom. The molecule has 0 radical (unpaired) electrons. The second kappa shape index (κ2) is 14.2. The molecule has 0 fully saturated rings. The fourth-order valence-corrected chi connectivity index (χ4v) is 2.71. The van der Waals surface area contributed by atoms with Crippen LogP contribution in [0.5, 0.6) is 5.75 Å². The summed E-state index contributed by atoms with van der Waals surface area (Å²) in [5.41, 5.74) is 10.9. The third kappa shape index (κ3) is 11.4. The second-order valence-electron chi connectivity index (χ2n) is 7.91. The van der Waals surface area contributed by atoms with Crippen LogP contribution in [-0.2, 0) is 25.6 Å². The Labute approximate surface area is 218 Å². The van der Waals surface area contributed by atoms with Gasteiger partial charge in [0.1, 0.15) is 23.4 Å². The molecule has 0 unspecified atom stereocenters. The SMILES string of the molecule is C[C@H](Cc1ccc(C(=O)Oc2ccc(C(=N)N)cc2)o1)C(=O)N[C@@H](CCC(N)=O)C(=O)O.O=C(O)C(F)(F)F. The van der Waals surface area contributed by atoms with E-state index in [9.17, 15) is 37.5 Å². The smallest absolute Gasteiger partial charge is 0.480 e. The monoisotopic (exact) mass is 558 g/mol. The lowest BCUT2D eigenvalue weighted by Gasteiger charge is -2.16. The van der Waals surface area contributed by atoms with E-state index in [0.29, 0.717) is 11.3 Å². The van der Waals surface area contributed by atoms with Gasteiger partial charge in [-0.25, -0.2) is 14.4 Å². The molecule has 13 nitrogen and oxygen atoms in total. The van der Waals surface area contributed by atoms with Crippen molar-refractivity contribution in [3.8, 4) is 5.75 Å². The van der Waals surface area contributed by atoms with Crippen LogP contribution in [0.15, 0.2) is 40.8 Å². The summed E-state index contributed by atoms with van der Waals surface area (Å²) in [6, 6.07) is 7.72. The van der Waals surface area contributed by atoms with Crippen LogP contribution in [0, 0.1) is 11.3 Å². The molecule has 1 aromatic heterocycles. The number of primary amides is 1. The molecule has 2 aromatic rings. The van der Waals surface area contributed by atoms with Crippen molar-refractivity contribution in [1.29, 1.82) is 5.41 Å². The summed E-state index contributed by atoms with van der Waals surface area (Å²) in [6.07, 6.45) is -5.27. The number of nitrogens with one attached hydrogen (secondary N) is 2. The lowest BCUT2D eigenvalue weighted by atomic mass is 10.0. The average Bonchev–Trinajstić information content (AvgIpc) is 3.30. The summed E-state index contributed by atoms with van der Waals surface area (Å²) in [6.45, 7) is 1.57. The number of nitrogen functional groups attached to an aromatic ring is 1. The maximum atomic E-state index is 12.3. The summed E-state index contributed by atoms with van der Waals surface area (Å²) >= 11 is 0. The van der Waals surface area contributed by atoms with Gasteiger partial charge in [-0.2, -0.15) is 13.2 Å². The zero-order valence-corrected chi connectivity index (χ0v) is 20.3. The Morgan fingerprint density at radius 1 is 1.05 bits per heavy atom. The Kier molecular flexibility index (Phi) is 11.7. The van der Waals surface area contributed by atoms with Crippen molar-refractivity contribution in [3.05, 3.63) is 53.5 Å². The molecule has 2 amide bonds. The summed E-state index contributed by atoms with van der Waals surface area (Å²) in [5, 5.41) is 26.0. The van der Waals surface area contributed by atoms with E-state index in [-0.39, 0.29) is 36.6 Å². The topological polar surface area (TPSA) is 236 Å². The minimum atomic E-state index is -5.08. The predicted octanol–water partition coefficient (Wildman–Crippen LogP) is 1.43. The number of carbonyl (C=O) groups excluding carboxylic acids is 3. The molecule has 2 rings (SSSR count). The number of nitrogens with two attached hydrogens (primary N) is 2. The van der Waals surface area contributed by atoms with Crippen molar-refractivity contribution in [1.82, 2.24) is 5.32 Å². The van der Waals surface area contributed by atoms with Crippen LogP contribution in [0.2, 0.25) is 0 Å². The molecule has 39 heavy (non-hydrogen) atoms. The van der Waals surface area contributed by atoms with Gasteiger partial charge in [-0.3, -0.25) is 15.0 Å². The number of ether oxygens (including phenoxy) is 1. The first-order valence-corrected chi connectivity index (χ1v) is 10.9. The molecule has 0 aliphatic heterocycles. The molecule has 0 saturated carbocycles. The second-order valence-corrected chi connectivity index (χ2v) is 7.91. The van der Waals surface area contributed by atoms with Crippen molar-refractivity contribution in [2.45, 2.75) is 38.4 Å². The van der Waals surface area contributed by atoms with Crippen molar-refractivity contribution in [2.24, 2.45) is 17.4 Å². The van der Waals surface area contributed by atoms with E-state index in [4.69, 9.17) is 35.9 Å². The number of benzene rings is 1. The first-order valence-electron chi connectivity index (χ1n) is 10.9. The molecular weight excluding hydrogens is 533 g/mol. The number of carboxylic acids is 2. The molecule has 2 atom stereocenters. The fraction of sp³-hybridized carbons (Fsp3) is 0.304. The van der Waals surface area contributed by atoms with Gasteiger partial charge in [-0.15, -0.1) is 0 Å². The molecule has 0 spiro atoms. The third-order valence-electron chi connectivity index (χ3n) is 4.73. The fourth-order valence-electron chi connectivity index (χ4n) is 2.71. The van der Waals surface area contributed by atoms with Crippen LogP contribution >= 0.6 is 0 Å². The Bertz CT molecular complexity index is 1210. The highest BCUT2D eigenvalue weighted by molar-refractivity contribution is 5.95. The number of aliphatic carboxylic acids is 2. The van der Waals surface area contributed by atoms with E-state index in [1.807, 2.05) is 0 Å². The third-order valence-corrected chi connectivity index (χ3v) is 4.73. The largest absolute Gasteiger partial charge is 0.490 e. The molecule has 212 valence electrons. The Balaban J connectivity index is 0.000000956. The van der Waals surface area contributed by atoms with E-state index < -0.39 is 47.9 Å². The number of amides is 2. The van der Waals surface area contributed by atoms with E-state index in [1.165, 1.54) is 36.4 Å². The standard InChI is InChI=1S/C21H24N4O7.C2HF3O2/c1-11(19(27)25-15(20(28)29)7-9-17(22)26)10-14-6-8-16(31-14)21(30)32-13-4-2-12(3-5-13)18(23)24;3-2(4,5)1(6)7/h2-6,8,11,15H,7,9-10H2,1H3,(H2,22,26)(H3,23,24)(H,25,27)(H,28,29);(H,6,7)/t11-,15+;/m1./s1. The van der Waals surface area contributed by atoms with Crippen LogP contribution in [0.25, 0.3) is 0 Å². The van der Waals surface area contributed by atoms with Crippen LogP contribution in [0.4, 0.5) is 13.2 Å². The lowest BCUT2D eigenvalue weighted by molar-refractivity contribution is -0.192. The molecular formula is C23H25F3N4O9. The maximum Gasteiger partial charge on any atom is 0.490 e. The van der Waals surface area contributed by atoms with Gasteiger partial charge >= 0.3 is 24.1 Å². The molecule has 8 N–H and O–H groups in total. The number of furan rings is 1. The van der Waals surface area contributed by atoms with Gasteiger partial charge in [0.05, 0.1) is 0 Å². The number of halogens is 3. The van der Waals surface area contributed by atoms with Crippen molar-refractivity contribution in [3.63, 3.8) is 0 Å². The van der Waals surface area contributed by atoms with Gasteiger partial charge < -0.3 is 36.2 Å². The summed E-state index contributed by atoms with van der Waals surface area (Å²) < 4.78 is 42.4. The number of carboxylic acid groups (broad SMARTS) is 2. The number of carbonyl (C=O) groups is 5. The highest BCUT2D eigenvalue weighted by atomic mass is 19.4. The molecule has 1 heterocycles. The highest BCUT2D eigenvalue weighted by Gasteiger charge is 2.38. The zero-order valence-electron chi connectivity index (χ0n) is 20.3. The summed E-state index contributed by atoms with van der Waals surface area (Å²) in [5.74, 6) is -6.28. The molecule has 0 aliphatic carbocycles. The summed E-state index contributed by atoms with van der Waals surface area (Å²) in [4.78, 5) is 55.6. The summed E-state index contributed by atoms with van der Waals surface area (Å²) in [7, 11) is 0. The molecule has 0 bridgehead atoms. The number of esters is 1. The van der Waals surface area contributed by atoms with Crippen LogP contribution < -0.4 is 21.5 Å². The van der Waals surface area contributed by atoms with Crippen molar-refractivity contribution >= 4 is 35.6 Å². The first-order chi connectivity index (χ1) is 18.0. The Morgan fingerprint density at radius 2 is 1.62 bits per heavy atom. The van der Waals surface area contributed by atoms with Gasteiger partial charge in [-0.05, 0) is 42.8 Å². The van der Waals surface area contributed by atoms with E-state index >= 15 is 0 Å². The van der Waals surface area contributed by atoms with Gasteiger partial charge in [-0.1, -0.05) is 6.92 Å². The number of hydrogen-bond donors (Lipinski definition) is 6. The number of rotatable bonds is 11. The first kappa shape index (κ1) is 32.1. The Hall–Kier alpha value is -4.89. The molecule has 0 aliphatic rings. The minimum absolute atomic E-state index is 0.0758. The normalized spacial score (nSPS) is 12.2. The van der Waals surface area contributed by atoms with Gasteiger partial charge in [0, 0.05) is 24.3 Å². The molecule has 0 saturated heterocycles. The minimum Gasteiger partial charge on any atom is -0.480 e. The van der Waals surface area contributed by atoms with Gasteiger partial charge in [0.2, 0.25) is 17.6 Å². The predicted molar refractivity (Wildman–Crippen MR) is 126 cm³/mol. The number of hydrogen-bond acceptors (Lipinski definition) is 8. The van der Waals surface area contributed by atoms with Crippen LogP contribution in [0.3, 0.4) is 0 Å². The van der Waals surface area contributed by atoms with Crippen molar-refractivity contribution < 1.29 is 56.5 Å². The van der Waals surface area contributed by atoms with Gasteiger partial charge in [0.15, 0.2) is 0 Å². The van der Waals surface area contributed by atoms with Crippen molar-refractivity contribution in [2.75, 3.05) is 0 Å². The molecule has 1 aromatic carbocycles. The lowest BCUT2D eigenvalue weighted by Crippen LogP contribution is -2.44. The maximum absolute atomic E-state index is 12.3. The molecule has 16 heteroatoms. The van der Waals surface area contributed by atoms with Crippen LogP contribution in [0.1, 0.15) is 41.6 Å². The zero-order chi connectivity index (χ0) is 29.9. The van der Waals surface area contributed by atoms with E-state index in [1.54, 1.807) is 6.92 Å². The van der Waals surface area contributed by atoms with E-state index in [2.05, 4.69) is 5.32 Å². The van der Waals surface area contributed by atoms with Crippen LogP contribution in [-0.4, -0.2) is 58.0 Å². The van der Waals surface area contributed by atoms with Gasteiger partial charge in [0.25, 0.3) is 0 Å². The quantitative estimate of drug-likeness (QED) is 0.100. The van der Waals surface area contributed by atoms with E-state index in [0.717, 1.165) is 0 Å². The number of amidine groups is 1. The highest BCUT2D eigenvalue weighted by Crippen LogP contribution is 2.18. The number of alkyl halides is 3. The average molecular weight is 558 g/mol.